The first-order valence-corrected chi connectivity index (χ1v) is 10.6. The quantitative estimate of drug-likeness (QED) is 0.717. The van der Waals surface area contributed by atoms with E-state index in [1.165, 1.54) is 34.1 Å². The molecule has 1 atom stereocenters. The highest BCUT2D eigenvalue weighted by Gasteiger charge is 2.35. The molecule has 2 aliphatic rings. The molecule has 3 aromatic rings. The first-order valence-electron chi connectivity index (χ1n) is 10.6. The molecule has 0 radical (unpaired) electrons. The van der Waals surface area contributed by atoms with Gasteiger partial charge in [0.1, 0.15) is 5.60 Å². The van der Waals surface area contributed by atoms with Crippen LogP contribution in [0.3, 0.4) is 0 Å². The topological polar surface area (TPSA) is 56.6 Å². The zero-order valence-corrected chi connectivity index (χ0v) is 17.0. The summed E-state index contributed by atoms with van der Waals surface area (Å²) >= 11 is 0. The second-order valence-electron chi connectivity index (χ2n) is 8.88. The molecule has 1 saturated heterocycles. The number of rotatable bonds is 4. The Morgan fingerprint density at radius 2 is 1.93 bits per heavy atom. The number of pyridine rings is 1. The number of hydrogen-bond donors (Lipinski definition) is 2. The molecule has 1 aliphatic carbocycles. The maximum absolute atomic E-state index is 10.4. The molecule has 0 amide bonds. The minimum Gasteiger partial charge on any atom is -0.393 e. The fourth-order valence-corrected chi connectivity index (χ4v) is 4.90. The van der Waals surface area contributed by atoms with E-state index in [-0.39, 0.29) is 6.61 Å². The van der Waals surface area contributed by atoms with Gasteiger partial charge in [-0.2, -0.15) is 0 Å². The third kappa shape index (κ3) is 3.57. The van der Waals surface area contributed by atoms with Crippen LogP contribution in [0.25, 0.3) is 22.2 Å². The molecule has 2 heterocycles. The fraction of sp³-hybridized carbons (Fsp3) is 0.400. The van der Waals surface area contributed by atoms with E-state index in [1.54, 1.807) is 0 Å². The highest BCUT2D eigenvalue weighted by Crippen LogP contribution is 2.32. The SMILES string of the molecule is Cc1cccc(-c2nc3cc4c(cc3cc2CN2CCC(O)(CO)C2)CCC4)c1. The molecular formula is C25H28N2O2. The third-order valence-electron chi connectivity index (χ3n) is 6.50. The molecule has 29 heavy (non-hydrogen) atoms. The van der Waals surface area contributed by atoms with Crippen LogP contribution in [0.1, 0.15) is 35.1 Å². The van der Waals surface area contributed by atoms with Gasteiger partial charge in [0.05, 0.1) is 17.8 Å². The van der Waals surface area contributed by atoms with Gasteiger partial charge < -0.3 is 10.2 Å². The van der Waals surface area contributed by atoms with Crippen molar-refractivity contribution in [1.29, 1.82) is 0 Å². The highest BCUT2D eigenvalue weighted by molar-refractivity contribution is 5.85. The number of aliphatic hydroxyl groups is 2. The van der Waals surface area contributed by atoms with Crippen molar-refractivity contribution in [3.05, 3.63) is 64.7 Å². The summed E-state index contributed by atoms with van der Waals surface area (Å²) in [5, 5.41) is 21.2. The van der Waals surface area contributed by atoms with Crippen LogP contribution in [-0.4, -0.2) is 45.4 Å². The predicted molar refractivity (Wildman–Crippen MR) is 116 cm³/mol. The Kier molecular flexibility index (Phi) is 4.66. The predicted octanol–water partition coefficient (Wildman–Crippen LogP) is 3.63. The molecule has 4 nitrogen and oxygen atoms in total. The van der Waals surface area contributed by atoms with Crippen molar-refractivity contribution in [2.45, 2.75) is 44.8 Å². The van der Waals surface area contributed by atoms with Crippen molar-refractivity contribution in [3.63, 3.8) is 0 Å². The molecule has 2 N–H and O–H groups in total. The minimum atomic E-state index is -0.978. The Morgan fingerprint density at radius 3 is 2.69 bits per heavy atom. The summed E-state index contributed by atoms with van der Waals surface area (Å²) in [6.07, 6.45) is 4.16. The van der Waals surface area contributed by atoms with Crippen LogP contribution in [0.15, 0.2) is 42.5 Å². The zero-order valence-electron chi connectivity index (χ0n) is 17.0. The first-order chi connectivity index (χ1) is 14.0. The molecule has 1 unspecified atom stereocenters. The van der Waals surface area contributed by atoms with Crippen LogP contribution in [0.4, 0.5) is 0 Å². The van der Waals surface area contributed by atoms with Crippen LogP contribution in [-0.2, 0) is 19.4 Å². The van der Waals surface area contributed by atoms with Gasteiger partial charge >= 0.3 is 0 Å². The van der Waals surface area contributed by atoms with Gasteiger partial charge in [-0.1, -0.05) is 23.8 Å². The molecule has 1 aromatic heterocycles. The minimum absolute atomic E-state index is 0.184. The number of aromatic nitrogens is 1. The summed E-state index contributed by atoms with van der Waals surface area (Å²) in [5.74, 6) is 0. The van der Waals surface area contributed by atoms with Crippen LogP contribution in [0.2, 0.25) is 0 Å². The molecule has 4 heteroatoms. The molecule has 5 rings (SSSR count). The second kappa shape index (κ2) is 7.21. The normalized spacial score (nSPS) is 21.8. The Balaban J connectivity index is 1.60. The molecule has 0 spiro atoms. The van der Waals surface area contributed by atoms with Crippen molar-refractivity contribution < 1.29 is 10.2 Å². The van der Waals surface area contributed by atoms with Crippen molar-refractivity contribution in [3.8, 4) is 11.3 Å². The largest absolute Gasteiger partial charge is 0.393 e. The molecule has 150 valence electrons. The van der Waals surface area contributed by atoms with Gasteiger partial charge in [0, 0.05) is 30.6 Å². The molecule has 0 bridgehead atoms. The molecule has 1 aliphatic heterocycles. The maximum Gasteiger partial charge on any atom is 0.102 e. The number of benzene rings is 2. The summed E-state index contributed by atoms with van der Waals surface area (Å²) in [7, 11) is 0. The van der Waals surface area contributed by atoms with Gasteiger partial charge in [0.2, 0.25) is 0 Å². The van der Waals surface area contributed by atoms with Gasteiger partial charge in [-0.25, -0.2) is 4.98 Å². The Hall–Kier alpha value is -2.27. The van der Waals surface area contributed by atoms with Gasteiger partial charge in [-0.15, -0.1) is 0 Å². The summed E-state index contributed by atoms with van der Waals surface area (Å²) < 4.78 is 0. The Labute approximate surface area is 171 Å². The van der Waals surface area contributed by atoms with Crippen molar-refractivity contribution >= 4 is 10.9 Å². The Bertz CT molecular complexity index is 1080. The lowest BCUT2D eigenvalue weighted by atomic mass is 9.99. The van der Waals surface area contributed by atoms with E-state index in [2.05, 4.69) is 54.3 Å². The number of likely N-dealkylation sites (tertiary alicyclic amines) is 1. The van der Waals surface area contributed by atoms with E-state index in [0.717, 1.165) is 42.7 Å². The lowest BCUT2D eigenvalue weighted by molar-refractivity contribution is -0.00579. The summed E-state index contributed by atoms with van der Waals surface area (Å²) in [5.41, 5.74) is 7.57. The third-order valence-corrected chi connectivity index (χ3v) is 6.50. The molecular weight excluding hydrogens is 360 g/mol. The van der Waals surface area contributed by atoms with Crippen LogP contribution >= 0.6 is 0 Å². The maximum atomic E-state index is 10.4. The summed E-state index contributed by atoms with van der Waals surface area (Å²) in [6, 6.07) is 15.4. The summed E-state index contributed by atoms with van der Waals surface area (Å²) in [6.45, 7) is 3.94. The fourth-order valence-electron chi connectivity index (χ4n) is 4.90. The zero-order chi connectivity index (χ0) is 20.0. The van der Waals surface area contributed by atoms with Gasteiger partial charge in [-0.3, -0.25) is 4.90 Å². The number of β-amino-alcohol motifs (C(OH)–C–C–N with tert-alkyl or cyclic N) is 1. The molecule has 0 saturated carbocycles. The Morgan fingerprint density at radius 1 is 1.10 bits per heavy atom. The second-order valence-corrected chi connectivity index (χ2v) is 8.88. The first kappa shape index (κ1) is 18.7. The van der Waals surface area contributed by atoms with E-state index >= 15 is 0 Å². The highest BCUT2D eigenvalue weighted by atomic mass is 16.3. The van der Waals surface area contributed by atoms with E-state index in [1.807, 2.05) is 0 Å². The van der Waals surface area contributed by atoms with E-state index in [9.17, 15) is 10.2 Å². The van der Waals surface area contributed by atoms with Crippen molar-refractivity contribution in [2.75, 3.05) is 19.7 Å². The average molecular weight is 389 g/mol. The van der Waals surface area contributed by atoms with E-state index in [0.29, 0.717) is 13.0 Å². The van der Waals surface area contributed by atoms with Gasteiger partial charge in [0.25, 0.3) is 0 Å². The number of nitrogens with zero attached hydrogens (tertiary/aromatic N) is 2. The van der Waals surface area contributed by atoms with E-state index < -0.39 is 5.60 Å². The molecule has 1 fully saturated rings. The average Bonchev–Trinajstić information content (AvgIpc) is 3.32. The van der Waals surface area contributed by atoms with Crippen molar-refractivity contribution in [2.24, 2.45) is 0 Å². The number of aliphatic hydroxyl groups excluding tert-OH is 1. The number of hydrogen-bond acceptors (Lipinski definition) is 4. The van der Waals surface area contributed by atoms with E-state index in [4.69, 9.17) is 4.98 Å². The lowest BCUT2D eigenvalue weighted by Crippen LogP contribution is -2.36. The molecule has 2 aromatic carbocycles. The number of aryl methyl sites for hydroxylation is 3. The van der Waals surface area contributed by atoms with Gasteiger partial charge in [-0.05, 0) is 73.6 Å². The van der Waals surface area contributed by atoms with Crippen molar-refractivity contribution in [1.82, 2.24) is 9.88 Å². The number of fused-ring (bicyclic) bond motifs is 2. The van der Waals surface area contributed by atoms with Crippen LogP contribution in [0.5, 0.6) is 0 Å². The van der Waals surface area contributed by atoms with Crippen LogP contribution < -0.4 is 0 Å². The summed E-state index contributed by atoms with van der Waals surface area (Å²) in [4.78, 5) is 7.35. The van der Waals surface area contributed by atoms with Crippen LogP contribution in [0, 0.1) is 6.92 Å². The monoisotopic (exact) mass is 388 g/mol. The van der Waals surface area contributed by atoms with Gasteiger partial charge in [0.15, 0.2) is 0 Å². The lowest BCUT2D eigenvalue weighted by Gasteiger charge is -2.22. The smallest absolute Gasteiger partial charge is 0.102 e. The standard InChI is InChI=1S/C25H28N2O2/c1-17-4-2-7-20(10-17)24-22(14-27-9-8-25(29,15-27)16-28)12-21-11-18-5-3-6-19(18)13-23(21)26-24/h2,4,7,10-13,28-29H,3,5-6,8-9,14-16H2,1H3.